The van der Waals surface area contributed by atoms with E-state index in [0.29, 0.717) is 24.6 Å². The lowest BCUT2D eigenvalue weighted by molar-refractivity contribution is -0.135. The van der Waals surface area contributed by atoms with Gasteiger partial charge in [-0.3, -0.25) is 14.9 Å². The molecule has 1 fully saturated rings. The topological polar surface area (TPSA) is 67.2 Å². The minimum Gasteiger partial charge on any atom is -0.341 e. The number of imidazole rings is 1. The van der Waals surface area contributed by atoms with Crippen LogP contribution in [0.1, 0.15) is 53.6 Å². The maximum absolute atomic E-state index is 13.1. The first-order chi connectivity index (χ1) is 18.5. The van der Waals surface area contributed by atoms with Crippen molar-refractivity contribution in [3.05, 3.63) is 94.0 Å². The fourth-order valence-electron chi connectivity index (χ4n) is 5.29. The van der Waals surface area contributed by atoms with Gasteiger partial charge in [0, 0.05) is 36.1 Å². The second-order valence-electron chi connectivity index (χ2n) is 10.1. The van der Waals surface area contributed by atoms with Gasteiger partial charge in [-0.2, -0.15) is 0 Å². The highest BCUT2D eigenvalue weighted by atomic mass is 79.9. The van der Waals surface area contributed by atoms with Gasteiger partial charge in [0.1, 0.15) is 0 Å². The third-order valence-corrected chi connectivity index (χ3v) is 7.84. The van der Waals surface area contributed by atoms with Crippen LogP contribution >= 0.6 is 15.9 Å². The van der Waals surface area contributed by atoms with Crippen LogP contribution in [-0.2, 0) is 24.3 Å². The molecule has 7 heteroatoms. The third-order valence-electron chi connectivity index (χ3n) is 7.34. The Morgan fingerprint density at radius 3 is 2.53 bits per heavy atom. The molecule has 1 aliphatic rings. The number of aryl methyl sites for hydroxylation is 2. The average molecular weight is 574 g/mol. The molecule has 1 N–H and O–H groups in total. The number of fused-ring (bicyclic) bond motifs is 1. The molecule has 1 heterocycles. The summed E-state index contributed by atoms with van der Waals surface area (Å²) in [5.74, 6) is 0.698. The highest BCUT2D eigenvalue weighted by Gasteiger charge is 2.24. The third kappa shape index (κ3) is 6.16. The average Bonchev–Trinajstić information content (AvgIpc) is 3.28. The van der Waals surface area contributed by atoms with Gasteiger partial charge in [0.25, 0.3) is 5.91 Å². The van der Waals surface area contributed by atoms with Gasteiger partial charge in [-0.05, 0) is 60.7 Å². The van der Waals surface area contributed by atoms with E-state index in [1.165, 1.54) is 12.0 Å². The number of nitrogens with zero attached hydrogens (tertiary/aromatic N) is 3. The fourth-order valence-corrected chi connectivity index (χ4v) is 5.69. The molecule has 196 valence electrons. The first-order valence-electron chi connectivity index (χ1n) is 13.3. The van der Waals surface area contributed by atoms with Crippen molar-refractivity contribution in [3.8, 4) is 0 Å². The standard InChI is InChI=1S/C31H33BrN4O2/c1-35(30(38)24-11-6-3-7-12-24)21-23-15-16-27-28(19-23)36(18-17-22-9-4-2-5-10-22)31(33-27)34-29(37)25-13-8-14-26(32)20-25/h2,4-5,8-10,13-16,19-20,24H,3,6-7,11-12,17-18,21H2,1H3,(H,33,34,37). The van der Waals surface area contributed by atoms with Crippen molar-refractivity contribution >= 4 is 44.7 Å². The summed E-state index contributed by atoms with van der Waals surface area (Å²) >= 11 is 3.44. The molecule has 5 rings (SSSR count). The molecule has 0 bridgehead atoms. The number of carbonyl (C=O) groups excluding carboxylic acids is 2. The van der Waals surface area contributed by atoms with Crippen LogP contribution in [0.2, 0.25) is 0 Å². The summed E-state index contributed by atoms with van der Waals surface area (Å²) in [5, 5.41) is 3.03. The number of hydrogen-bond donors (Lipinski definition) is 1. The second-order valence-corrected chi connectivity index (χ2v) is 11.1. The first-order valence-corrected chi connectivity index (χ1v) is 14.1. The van der Waals surface area contributed by atoms with E-state index in [1.54, 1.807) is 12.1 Å². The van der Waals surface area contributed by atoms with Crippen LogP contribution in [0.3, 0.4) is 0 Å². The SMILES string of the molecule is CN(Cc1ccc2nc(NC(=O)c3cccc(Br)c3)n(CCc3ccccc3)c2c1)C(=O)C1CCCCC1. The molecule has 2 amide bonds. The quantitative estimate of drug-likeness (QED) is 0.251. The maximum atomic E-state index is 13.1. The number of hydrogen-bond acceptors (Lipinski definition) is 3. The first kappa shape index (κ1) is 26.2. The lowest BCUT2D eigenvalue weighted by Crippen LogP contribution is -2.33. The summed E-state index contributed by atoms with van der Waals surface area (Å²) in [6.07, 6.45) is 6.31. The van der Waals surface area contributed by atoms with Crippen LogP contribution in [0.15, 0.2) is 77.3 Å². The van der Waals surface area contributed by atoms with E-state index in [4.69, 9.17) is 4.98 Å². The Balaban J connectivity index is 1.42. The molecule has 1 aliphatic carbocycles. The monoisotopic (exact) mass is 572 g/mol. The van der Waals surface area contributed by atoms with E-state index >= 15 is 0 Å². The molecule has 3 aromatic carbocycles. The molecule has 0 radical (unpaired) electrons. The Hall–Kier alpha value is -3.45. The summed E-state index contributed by atoms with van der Waals surface area (Å²) in [4.78, 5) is 32.8. The molecule has 0 spiro atoms. The predicted molar refractivity (Wildman–Crippen MR) is 155 cm³/mol. The number of rotatable bonds is 8. The number of amides is 2. The number of aromatic nitrogens is 2. The fraction of sp³-hybridized carbons (Fsp3) is 0.323. The van der Waals surface area contributed by atoms with Crippen LogP contribution in [0, 0.1) is 5.92 Å². The van der Waals surface area contributed by atoms with Gasteiger partial charge in [-0.15, -0.1) is 0 Å². The molecule has 4 aromatic rings. The Kier molecular flexibility index (Phi) is 8.23. The zero-order valence-corrected chi connectivity index (χ0v) is 23.3. The number of carbonyl (C=O) groups is 2. The lowest BCUT2D eigenvalue weighted by atomic mass is 9.88. The van der Waals surface area contributed by atoms with Crippen molar-refractivity contribution in [2.24, 2.45) is 5.92 Å². The van der Waals surface area contributed by atoms with E-state index in [2.05, 4.69) is 44.0 Å². The summed E-state index contributed by atoms with van der Waals surface area (Å²) in [5.41, 5.74) is 4.58. The largest absolute Gasteiger partial charge is 0.341 e. The maximum Gasteiger partial charge on any atom is 0.258 e. The van der Waals surface area contributed by atoms with Crippen molar-refractivity contribution < 1.29 is 9.59 Å². The molecule has 38 heavy (non-hydrogen) atoms. The lowest BCUT2D eigenvalue weighted by Gasteiger charge is -2.26. The van der Waals surface area contributed by atoms with Gasteiger partial charge in [-0.25, -0.2) is 4.98 Å². The molecule has 1 saturated carbocycles. The molecular weight excluding hydrogens is 540 g/mol. The number of benzene rings is 3. The highest BCUT2D eigenvalue weighted by Crippen LogP contribution is 2.27. The van der Waals surface area contributed by atoms with Crippen LogP contribution in [0.25, 0.3) is 11.0 Å². The van der Waals surface area contributed by atoms with Gasteiger partial charge in [-0.1, -0.05) is 77.7 Å². The van der Waals surface area contributed by atoms with Crippen LogP contribution in [0.4, 0.5) is 5.95 Å². The Morgan fingerprint density at radius 2 is 1.76 bits per heavy atom. The van der Waals surface area contributed by atoms with Gasteiger partial charge < -0.3 is 9.47 Å². The van der Waals surface area contributed by atoms with Crippen molar-refractivity contribution in [2.45, 2.75) is 51.6 Å². The van der Waals surface area contributed by atoms with Crippen LogP contribution in [-0.4, -0.2) is 33.3 Å². The summed E-state index contributed by atoms with van der Waals surface area (Å²) in [7, 11) is 1.90. The highest BCUT2D eigenvalue weighted by molar-refractivity contribution is 9.10. The van der Waals surface area contributed by atoms with E-state index < -0.39 is 0 Å². The van der Waals surface area contributed by atoms with Crippen molar-refractivity contribution in [1.82, 2.24) is 14.5 Å². The zero-order chi connectivity index (χ0) is 26.5. The predicted octanol–water partition coefficient (Wildman–Crippen LogP) is 6.83. The second kappa shape index (κ2) is 11.9. The number of anilines is 1. The number of nitrogens with one attached hydrogen (secondary N) is 1. The van der Waals surface area contributed by atoms with Gasteiger partial charge >= 0.3 is 0 Å². The van der Waals surface area contributed by atoms with Crippen molar-refractivity contribution in [3.63, 3.8) is 0 Å². The molecule has 0 aliphatic heterocycles. The van der Waals surface area contributed by atoms with Gasteiger partial charge in [0.15, 0.2) is 0 Å². The molecule has 0 atom stereocenters. The molecule has 6 nitrogen and oxygen atoms in total. The van der Waals surface area contributed by atoms with Gasteiger partial charge in [0.05, 0.1) is 11.0 Å². The Morgan fingerprint density at radius 1 is 0.974 bits per heavy atom. The van der Waals surface area contributed by atoms with Gasteiger partial charge in [0.2, 0.25) is 11.9 Å². The minimum atomic E-state index is -0.208. The molecule has 1 aromatic heterocycles. The molecular formula is C31H33BrN4O2. The van der Waals surface area contributed by atoms with E-state index in [1.807, 2.05) is 54.4 Å². The smallest absolute Gasteiger partial charge is 0.258 e. The van der Waals surface area contributed by atoms with E-state index in [0.717, 1.165) is 53.2 Å². The summed E-state index contributed by atoms with van der Waals surface area (Å²) in [6, 6.07) is 23.7. The Bertz CT molecular complexity index is 1430. The minimum absolute atomic E-state index is 0.147. The number of halogens is 1. The van der Waals surface area contributed by atoms with Crippen LogP contribution < -0.4 is 5.32 Å². The van der Waals surface area contributed by atoms with Crippen molar-refractivity contribution in [2.75, 3.05) is 12.4 Å². The summed E-state index contributed by atoms with van der Waals surface area (Å²) in [6.45, 7) is 1.21. The normalized spacial score (nSPS) is 13.9. The Labute approximate surface area is 232 Å². The summed E-state index contributed by atoms with van der Waals surface area (Å²) < 4.78 is 2.92. The molecule has 0 unspecified atom stereocenters. The van der Waals surface area contributed by atoms with E-state index in [-0.39, 0.29) is 17.7 Å². The zero-order valence-electron chi connectivity index (χ0n) is 21.7. The van der Waals surface area contributed by atoms with Crippen LogP contribution in [0.5, 0.6) is 0 Å². The molecule has 0 saturated heterocycles. The van der Waals surface area contributed by atoms with E-state index in [9.17, 15) is 9.59 Å². The van der Waals surface area contributed by atoms with Crippen molar-refractivity contribution in [1.29, 1.82) is 0 Å².